The molecule has 1 unspecified atom stereocenters. The molecule has 2 aromatic heterocycles. The predicted octanol–water partition coefficient (Wildman–Crippen LogP) is 2.45. The standard InChI is InChI=1S/C39H43ClN10O7/c1-41-33(52)21-57-31-18-23-17-24(7-8-29(23)48(2)38(31)56)45-34-27(40)19-44-39(47-34)49-15-11-22(12-16-49)35(53)43-14-4-13-42-28-6-3-5-25-26(28)20-50(37(25)55)30-9-10-32(51)46-36(30)54/h3,5-8,17-19,22,30,42H,4,9-16,20-21H2,1-2H3,(H,41,52)(H,43,53)(H,44,45,47)(H,46,51,54). The molecule has 298 valence electrons. The van der Waals surface area contributed by atoms with Gasteiger partial charge in [0, 0.05) is 87.0 Å². The molecular formula is C39H43ClN10O7. The van der Waals surface area contributed by atoms with Crippen LogP contribution >= 0.6 is 11.6 Å². The summed E-state index contributed by atoms with van der Waals surface area (Å²) < 4.78 is 6.93. The summed E-state index contributed by atoms with van der Waals surface area (Å²) in [5.41, 5.74) is 3.14. The van der Waals surface area contributed by atoms with Crippen molar-refractivity contribution in [1.82, 2.24) is 35.4 Å². The number of rotatable bonds is 13. The van der Waals surface area contributed by atoms with Gasteiger partial charge in [-0.25, -0.2) is 4.98 Å². The van der Waals surface area contributed by atoms with Gasteiger partial charge in [0.2, 0.25) is 23.7 Å². The Hall–Kier alpha value is -6.23. The molecule has 0 radical (unpaired) electrons. The minimum atomic E-state index is -0.673. The first kappa shape index (κ1) is 39.0. The van der Waals surface area contributed by atoms with Crippen molar-refractivity contribution in [3.63, 3.8) is 0 Å². The highest BCUT2D eigenvalue weighted by Gasteiger charge is 2.40. The van der Waals surface area contributed by atoms with Gasteiger partial charge in [-0.2, -0.15) is 4.98 Å². The van der Waals surface area contributed by atoms with Crippen LogP contribution in [0, 0.1) is 5.92 Å². The molecule has 1 atom stereocenters. The number of hydrogen-bond donors (Lipinski definition) is 5. The zero-order valence-electron chi connectivity index (χ0n) is 31.5. The first-order valence-corrected chi connectivity index (χ1v) is 19.2. The lowest BCUT2D eigenvalue weighted by Gasteiger charge is -2.31. The van der Waals surface area contributed by atoms with Crippen LogP contribution in [0.5, 0.6) is 5.75 Å². The Morgan fingerprint density at radius 1 is 1.04 bits per heavy atom. The number of aromatic nitrogens is 3. The lowest BCUT2D eigenvalue weighted by atomic mass is 9.96. The highest BCUT2D eigenvalue weighted by Crippen LogP contribution is 2.33. The van der Waals surface area contributed by atoms with Crippen molar-refractivity contribution >= 4 is 75.2 Å². The van der Waals surface area contributed by atoms with Gasteiger partial charge in [-0.15, -0.1) is 0 Å². The normalized spacial score (nSPS) is 17.0. The highest BCUT2D eigenvalue weighted by molar-refractivity contribution is 6.33. The van der Waals surface area contributed by atoms with Gasteiger partial charge >= 0.3 is 0 Å². The molecule has 5 heterocycles. The third-order valence-electron chi connectivity index (χ3n) is 10.5. The predicted molar refractivity (Wildman–Crippen MR) is 213 cm³/mol. The van der Waals surface area contributed by atoms with Crippen molar-refractivity contribution in [2.75, 3.05) is 55.4 Å². The zero-order chi connectivity index (χ0) is 40.2. The van der Waals surface area contributed by atoms with E-state index in [1.54, 1.807) is 37.4 Å². The van der Waals surface area contributed by atoms with E-state index in [4.69, 9.17) is 21.3 Å². The number of ether oxygens (including phenoxy) is 1. The third kappa shape index (κ3) is 8.47. The Balaban J connectivity index is 0.883. The fourth-order valence-electron chi connectivity index (χ4n) is 7.34. The Kier molecular flexibility index (Phi) is 11.5. The molecule has 4 aromatic rings. The number of fused-ring (bicyclic) bond motifs is 2. The van der Waals surface area contributed by atoms with Crippen molar-refractivity contribution < 1.29 is 28.7 Å². The number of hydrogen-bond acceptors (Lipinski definition) is 12. The summed E-state index contributed by atoms with van der Waals surface area (Å²) in [5.74, 6) is -0.567. The molecule has 17 nitrogen and oxygen atoms in total. The van der Waals surface area contributed by atoms with Crippen LogP contribution in [0.25, 0.3) is 10.9 Å². The number of nitrogens with one attached hydrogen (secondary N) is 5. The number of piperidine rings is 2. The van der Waals surface area contributed by atoms with Crippen molar-refractivity contribution in [3.05, 3.63) is 75.2 Å². The van der Waals surface area contributed by atoms with Crippen LogP contribution in [0.15, 0.2) is 53.5 Å². The quantitative estimate of drug-likeness (QED) is 0.0977. The summed E-state index contributed by atoms with van der Waals surface area (Å²) in [6, 6.07) is 11.8. The van der Waals surface area contributed by atoms with Crippen molar-refractivity contribution in [2.45, 2.75) is 44.7 Å². The molecular weight excluding hydrogens is 756 g/mol. The van der Waals surface area contributed by atoms with Gasteiger partial charge in [0.1, 0.15) is 11.1 Å². The van der Waals surface area contributed by atoms with Gasteiger partial charge in [-0.05, 0) is 62.1 Å². The second kappa shape index (κ2) is 16.9. The summed E-state index contributed by atoms with van der Waals surface area (Å²) in [6.07, 6.45) is 3.95. The molecule has 2 aromatic carbocycles. The van der Waals surface area contributed by atoms with Crippen LogP contribution < -0.4 is 41.8 Å². The van der Waals surface area contributed by atoms with Crippen molar-refractivity contribution in [3.8, 4) is 5.75 Å². The number of halogens is 1. The second-order valence-electron chi connectivity index (χ2n) is 14.2. The molecule has 3 aliphatic rings. The highest BCUT2D eigenvalue weighted by atomic mass is 35.5. The van der Waals surface area contributed by atoms with Gasteiger partial charge in [0.15, 0.2) is 18.2 Å². The number of pyridine rings is 1. The number of anilines is 4. The maximum absolute atomic E-state index is 13.1. The monoisotopic (exact) mass is 798 g/mol. The Morgan fingerprint density at radius 3 is 2.61 bits per heavy atom. The van der Waals surface area contributed by atoms with Crippen molar-refractivity contribution in [2.24, 2.45) is 13.0 Å². The van der Waals surface area contributed by atoms with E-state index in [1.807, 2.05) is 17.0 Å². The average Bonchev–Trinajstić information content (AvgIpc) is 3.55. The van der Waals surface area contributed by atoms with E-state index in [1.165, 1.54) is 22.7 Å². The maximum atomic E-state index is 13.1. The van der Waals surface area contributed by atoms with E-state index >= 15 is 0 Å². The average molecular weight is 799 g/mol. The smallest absolute Gasteiger partial charge is 0.293 e. The van der Waals surface area contributed by atoms with E-state index in [0.717, 1.165) is 11.3 Å². The summed E-state index contributed by atoms with van der Waals surface area (Å²) in [4.78, 5) is 87.4. The van der Waals surface area contributed by atoms with Gasteiger partial charge in [0.05, 0.1) is 11.7 Å². The SMILES string of the molecule is CNC(=O)COc1cc2cc(Nc3nc(N4CCC(C(=O)NCCCNc5cccc6c5CN(C5CCC(=O)NC5=O)C6=O)CC4)ncc3Cl)ccc2n(C)c1=O. The molecule has 7 rings (SSSR count). The number of amides is 5. The number of carbonyl (C=O) groups excluding carboxylic acids is 5. The first-order chi connectivity index (χ1) is 27.5. The second-order valence-corrected chi connectivity index (χ2v) is 14.6. The lowest BCUT2D eigenvalue weighted by Crippen LogP contribution is -2.52. The van der Waals surface area contributed by atoms with Gasteiger partial charge in [-0.1, -0.05) is 17.7 Å². The zero-order valence-corrected chi connectivity index (χ0v) is 32.3. The molecule has 0 aliphatic carbocycles. The topological polar surface area (TPSA) is 209 Å². The van der Waals surface area contributed by atoms with E-state index in [0.29, 0.717) is 90.8 Å². The fraction of sp³-hybridized carbons (Fsp3) is 0.385. The molecule has 0 saturated carbocycles. The van der Waals surface area contributed by atoms with Crippen LogP contribution in [0.2, 0.25) is 5.02 Å². The first-order valence-electron chi connectivity index (χ1n) is 18.8. The Labute approximate surface area is 332 Å². The van der Waals surface area contributed by atoms with Crippen LogP contribution in [0.3, 0.4) is 0 Å². The molecule has 2 fully saturated rings. The van der Waals surface area contributed by atoms with E-state index in [-0.39, 0.29) is 60.4 Å². The molecule has 5 amide bonds. The minimum absolute atomic E-state index is 0.00361. The van der Waals surface area contributed by atoms with Crippen LogP contribution in [0.1, 0.15) is 48.0 Å². The minimum Gasteiger partial charge on any atom is -0.478 e. The molecule has 18 heteroatoms. The van der Waals surface area contributed by atoms with E-state index in [9.17, 15) is 28.8 Å². The molecule has 57 heavy (non-hydrogen) atoms. The maximum Gasteiger partial charge on any atom is 0.293 e. The van der Waals surface area contributed by atoms with Gasteiger partial charge in [0.25, 0.3) is 17.4 Å². The van der Waals surface area contributed by atoms with E-state index < -0.39 is 11.9 Å². The van der Waals surface area contributed by atoms with Crippen molar-refractivity contribution in [1.29, 1.82) is 0 Å². The summed E-state index contributed by atoms with van der Waals surface area (Å²) in [5, 5.41) is 15.5. The largest absolute Gasteiger partial charge is 0.478 e. The molecule has 5 N–H and O–H groups in total. The van der Waals surface area contributed by atoms with E-state index in [2.05, 4.69) is 31.6 Å². The van der Waals surface area contributed by atoms with Gasteiger partial charge < -0.3 is 40.4 Å². The van der Waals surface area contributed by atoms with Crippen LogP contribution in [0.4, 0.5) is 23.1 Å². The third-order valence-corrected chi connectivity index (χ3v) is 10.8. The Bertz CT molecular complexity index is 2310. The number of carbonyl (C=O) groups is 5. The number of likely N-dealkylation sites (N-methyl/N-ethyl adjacent to an activating group) is 1. The summed E-state index contributed by atoms with van der Waals surface area (Å²) in [7, 11) is 3.12. The Morgan fingerprint density at radius 2 is 1.84 bits per heavy atom. The lowest BCUT2D eigenvalue weighted by molar-refractivity contribution is -0.137. The van der Waals surface area contributed by atoms with Crippen LogP contribution in [-0.4, -0.2) is 94.8 Å². The number of nitrogens with zero attached hydrogens (tertiary/aromatic N) is 5. The summed E-state index contributed by atoms with van der Waals surface area (Å²) in [6.45, 7) is 2.21. The fourth-order valence-corrected chi connectivity index (χ4v) is 7.48. The summed E-state index contributed by atoms with van der Waals surface area (Å²) >= 11 is 6.50. The van der Waals surface area contributed by atoms with Crippen LogP contribution in [-0.2, 0) is 32.8 Å². The molecule has 0 spiro atoms. The number of aryl methyl sites for hydroxylation is 1. The molecule has 0 bridgehead atoms. The molecule has 2 saturated heterocycles. The number of imide groups is 1. The number of benzene rings is 2. The van der Waals surface area contributed by atoms with Gasteiger partial charge in [-0.3, -0.25) is 34.1 Å². The molecule has 3 aliphatic heterocycles.